The number of ether oxygens (including phenoxy) is 2. The van der Waals surface area contributed by atoms with E-state index in [1.54, 1.807) is 24.9 Å². The number of primary amides is 1. The summed E-state index contributed by atoms with van der Waals surface area (Å²) < 4.78 is 11.4. The second kappa shape index (κ2) is 11.4. The number of amides is 2. The molecule has 2 fully saturated rings. The molecule has 2 aromatic carbocycles. The highest BCUT2D eigenvalue weighted by atomic mass is 16.6. The predicted octanol–water partition coefficient (Wildman–Crippen LogP) is 5.73. The van der Waals surface area contributed by atoms with E-state index in [0.29, 0.717) is 19.4 Å². The standard InChI is InChI=1S/C32H38N4O5/c1-22(35-19-17-32(41-30(35)38,21-31(2,3)39)26-8-5-4-6-9-26)23-11-13-24(14-12-23)25-15-16-27(34-20-25)36-18-7-10-28(36)40-29(33)37/h4-6,8-9,11-16,20,22,28,39H,7,10,17-19,21H2,1-3H3,(H2,33,37)/t22-,28+,32-/m0/s1. The van der Waals surface area contributed by atoms with Gasteiger partial charge >= 0.3 is 12.2 Å². The Morgan fingerprint density at radius 2 is 1.83 bits per heavy atom. The first-order chi connectivity index (χ1) is 19.5. The molecule has 0 bridgehead atoms. The molecule has 0 saturated carbocycles. The highest BCUT2D eigenvalue weighted by Gasteiger charge is 2.46. The van der Waals surface area contributed by atoms with Crippen molar-refractivity contribution in [3.63, 3.8) is 0 Å². The maximum Gasteiger partial charge on any atom is 0.411 e. The van der Waals surface area contributed by atoms with Gasteiger partial charge in [0.1, 0.15) is 11.4 Å². The summed E-state index contributed by atoms with van der Waals surface area (Å²) in [6.07, 6.45) is 2.77. The van der Waals surface area contributed by atoms with E-state index in [-0.39, 0.29) is 18.4 Å². The smallest absolute Gasteiger partial charge is 0.411 e. The van der Waals surface area contributed by atoms with Gasteiger partial charge in [0.25, 0.3) is 0 Å². The number of carbonyl (C=O) groups is 2. The molecular formula is C32H38N4O5. The van der Waals surface area contributed by atoms with Crippen LogP contribution in [0.25, 0.3) is 11.1 Å². The first-order valence-corrected chi connectivity index (χ1v) is 14.1. The van der Waals surface area contributed by atoms with Crippen molar-refractivity contribution in [2.75, 3.05) is 18.0 Å². The van der Waals surface area contributed by atoms with Gasteiger partial charge in [-0.2, -0.15) is 0 Å². The Morgan fingerprint density at radius 1 is 1.12 bits per heavy atom. The van der Waals surface area contributed by atoms with E-state index in [1.165, 1.54) is 0 Å². The molecule has 3 heterocycles. The summed E-state index contributed by atoms with van der Waals surface area (Å²) in [6.45, 7) is 6.74. The molecule has 3 N–H and O–H groups in total. The number of nitrogens with two attached hydrogens (primary N) is 1. The number of anilines is 1. The minimum atomic E-state index is -1.000. The van der Waals surface area contributed by atoms with E-state index in [0.717, 1.165) is 47.5 Å². The van der Waals surface area contributed by atoms with E-state index in [9.17, 15) is 14.7 Å². The van der Waals surface area contributed by atoms with Crippen LogP contribution in [0.2, 0.25) is 0 Å². The van der Waals surface area contributed by atoms with Crippen molar-refractivity contribution < 1.29 is 24.2 Å². The normalized spacial score (nSPS) is 21.9. The number of hydrogen-bond acceptors (Lipinski definition) is 7. The SMILES string of the molecule is C[C@@H](c1ccc(-c2ccc(N3CCC[C@H]3OC(N)=O)nc2)cc1)N1CC[C@](CC(C)(C)O)(c2ccccc2)OC1=O. The van der Waals surface area contributed by atoms with Gasteiger partial charge in [0.2, 0.25) is 0 Å². The van der Waals surface area contributed by atoms with Gasteiger partial charge in [-0.05, 0) is 56.0 Å². The van der Waals surface area contributed by atoms with Crippen LogP contribution in [-0.4, -0.2) is 52.1 Å². The molecule has 2 saturated heterocycles. The van der Waals surface area contributed by atoms with E-state index >= 15 is 0 Å². The summed E-state index contributed by atoms with van der Waals surface area (Å²) in [7, 11) is 0. The molecule has 5 rings (SSSR count). The van der Waals surface area contributed by atoms with Crippen LogP contribution in [-0.2, 0) is 15.1 Å². The molecule has 0 radical (unpaired) electrons. The molecule has 41 heavy (non-hydrogen) atoms. The van der Waals surface area contributed by atoms with E-state index in [4.69, 9.17) is 15.2 Å². The molecule has 3 aromatic rings. The lowest BCUT2D eigenvalue weighted by atomic mass is 9.80. The monoisotopic (exact) mass is 558 g/mol. The molecular weight excluding hydrogens is 520 g/mol. The quantitative estimate of drug-likeness (QED) is 0.362. The fourth-order valence-corrected chi connectivity index (χ4v) is 6.01. The summed E-state index contributed by atoms with van der Waals surface area (Å²) in [5.74, 6) is 0.738. The van der Waals surface area contributed by atoms with E-state index in [1.807, 2.05) is 78.6 Å². The highest BCUT2D eigenvalue weighted by molar-refractivity contribution is 5.71. The largest absolute Gasteiger partial charge is 0.438 e. The van der Waals surface area contributed by atoms with Gasteiger partial charge < -0.3 is 30.1 Å². The number of carbonyl (C=O) groups excluding carboxylic acids is 2. The zero-order valence-electron chi connectivity index (χ0n) is 23.8. The van der Waals surface area contributed by atoms with Gasteiger partial charge in [-0.15, -0.1) is 0 Å². The molecule has 2 aliphatic heterocycles. The van der Waals surface area contributed by atoms with Gasteiger partial charge in [0.15, 0.2) is 6.23 Å². The third-order valence-electron chi connectivity index (χ3n) is 7.98. The maximum atomic E-state index is 13.4. The molecule has 9 nitrogen and oxygen atoms in total. The lowest BCUT2D eigenvalue weighted by Crippen LogP contribution is -2.51. The summed E-state index contributed by atoms with van der Waals surface area (Å²) in [4.78, 5) is 32.9. The molecule has 0 aliphatic carbocycles. The van der Waals surface area contributed by atoms with Crippen molar-refractivity contribution >= 4 is 18.0 Å². The lowest BCUT2D eigenvalue weighted by Gasteiger charge is -2.45. The number of rotatable bonds is 8. The van der Waals surface area contributed by atoms with Crippen molar-refractivity contribution in [3.8, 4) is 11.1 Å². The maximum absolute atomic E-state index is 13.4. The number of hydrogen-bond donors (Lipinski definition) is 2. The summed E-state index contributed by atoms with van der Waals surface area (Å²) >= 11 is 0. The average Bonchev–Trinajstić information content (AvgIpc) is 3.40. The predicted molar refractivity (Wildman–Crippen MR) is 156 cm³/mol. The molecule has 0 unspecified atom stereocenters. The summed E-state index contributed by atoms with van der Waals surface area (Å²) in [6, 6.07) is 21.5. The fraction of sp³-hybridized carbons (Fsp3) is 0.406. The highest BCUT2D eigenvalue weighted by Crippen LogP contribution is 2.42. The van der Waals surface area contributed by atoms with Gasteiger partial charge in [0.05, 0.1) is 11.6 Å². The van der Waals surface area contributed by atoms with Crippen molar-refractivity contribution in [2.45, 2.75) is 69.9 Å². The number of cyclic esters (lactones) is 1. The molecule has 1 aromatic heterocycles. The van der Waals surface area contributed by atoms with Crippen LogP contribution in [0.3, 0.4) is 0 Å². The Hall–Kier alpha value is -4.11. The topological polar surface area (TPSA) is 118 Å². The zero-order chi connectivity index (χ0) is 29.2. The van der Waals surface area contributed by atoms with Crippen molar-refractivity contribution in [1.29, 1.82) is 0 Å². The molecule has 3 atom stereocenters. The second-order valence-corrected chi connectivity index (χ2v) is 11.6. The van der Waals surface area contributed by atoms with Crippen molar-refractivity contribution in [1.82, 2.24) is 9.88 Å². The van der Waals surface area contributed by atoms with Crippen LogP contribution >= 0.6 is 0 Å². The summed E-state index contributed by atoms with van der Waals surface area (Å²) in [5, 5.41) is 10.6. The van der Waals surface area contributed by atoms with Crippen molar-refractivity contribution in [2.24, 2.45) is 5.73 Å². The first kappa shape index (κ1) is 28.4. The summed E-state index contributed by atoms with van der Waals surface area (Å²) in [5.41, 5.74) is 7.18. The van der Waals surface area contributed by atoms with Crippen molar-refractivity contribution in [3.05, 3.63) is 84.1 Å². The number of pyridine rings is 1. The molecule has 0 spiro atoms. The van der Waals surface area contributed by atoms with Crippen LogP contribution in [0.5, 0.6) is 0 Å². The Labute approximate surface area is 240 Å². The molecule has 216 valence electrons. The lowest BCUT2D eigenvalue weighted by molar-refractivity contribution is -0.101. The Bertz CT molecular complexity index is 1360. The number of aromatic nitrogens is 1. The third-order valence-corrected chi connectivity index (χ3v) is 7.98. The number of benzene rings is 2. The molecule has 2 amide bonds. The molecule has 9 heteroatoms. The van der Waals surface area contributed by atoms with Gasteiger partial charge in [-0.3, -0.25) is 0 Å². The van der Waals surface area contributed by atoms with Crippen LogP contribution in [0.15, 0.2) is 72.9 Å². The van der Waals surface area contributed by atoms with Gasteiger partial charge in [-0.25, -0.2) is 14.6 Å². The third kappa shape index (κ3) is 6.30. The Balaban J connectivity index is 1.27. The average molecular weight is 559 g/mol. The van der Waals surface area contributed by atoms with Gasteiger partial charge in [-0.1, -0.05) is 54.6 Å². The van der Waals surface area contributed by atoms with E-state index < -0.39 is 17.3 Å². The minimum absolute atomic E-state index is 0.190. The minimum Gasteiger partial charge on any atom is -0.438 e. The zero-order valence-corrected chi connectivity index (χ0v) is 23.8. The fourth-order valence-electron chi connectivity index (χ4n) is 6.01. The van der Waals surface area contributed by atoms with Crippen LogP contribution < -0.4 is 10.6 Å². The Kier molecular flexibility index (Phi) is 7.91. The second-order valence-electron chi connectivity index (χ2n) is 11.6. The van der Waals surface area contributed by atoms with Crippen LogP contribution in [0.1, 0.15) is 63.6 Å². The first-order valence-electron chi connectivity index (χ1n) is 14.1. The van der Waals surface area contributed by atoms with Crippen LogP contribution in [0.4, 0.5) is 15.4 Å². The number of aliphatic hydroxyl groups is 1. The molecule has 2 aliphatic rings. The van der Waals surface area contributed by atoms with E-state index in [2.05, 4.69) is 4.98 Å². The van der Waals surface area contributed by atoms with Gasteiger partial charge in [0, 0.05) is 44.1 Å². The van der Waals surface area contributed by atoms with Crippen LogP contribution in [0, 0.1) is 0 Å². The number of nitrogens with zero attached hydrogens (tertiary/aromatic N) is 3. The Morgan fingerprint density at radius 3 is 2.44 bits per heavy atom.